The number of nitrogens with zero attached hydrogens (tertiary/aromatic N) is 2. The van der Waals surface area contributed by atoms with E-state index in [4.69, 9.17) is 0 Å². The Balaban J connectivity index is 2.08. The molecule has 0 atom stereocenters. The molecule has 2 aromatic rings. The first-order valence-corrected chi connectivity index (χ1v) is 7.40. The first kappa shape index (κ1) is 15.9. The van der Waals surface area contributed by atoms with Gasteiger partial charge >= 0.3 is 0 Å². The zero-order chi connectivity index (χ0) is 17.4. The number of pyridine rings is 2. The van der Waals surface area contributed by atoms with Gasteiger partial charge in [0.2, 0.25) is 23.1 Å². The van der Waals surface area contributed by atoms with E-state index >= 15 is 0 Å². The van der Waals surface area contributed by atoms with Crippen LogP contribution in [0.1, 0.15) is 34.1 Å². The van der Waals surface area contributed by atoms with Crippen molar-refractivity contribution >= 4 is 23.1 Å². The normalized spacial score (nSPS) is 21.2. The molecule has 0 aromatic carbocycles. The van der Waals surface area contributed by atoms with E-state index in [1.54, 1.807) is 13.8 Å². The van der Waals surface area contributed by atoms with Gasteiger partial charge in [0.05, 0.1) is 0 Å². The minimum absolute atomic E-state index is 0.353. The summed E-state index contributed by atoms with van der Waals surface area (Å²) in [6.07, 6.45) is 5.84. The maximum atomic E-state index is 12.6. The van der Waals surface area contributed by atoms with Crippen LogP contribution in [0.3, 0.4) is 0 Å². The van der Waals surface area contributed by atoms with Gasteiger partial charge < -0.3 is 0 Å². The summed E-state index contributed by atoms with van der Waals surface area (Å²) in [5.74, 6) is -6.15. The highest BCUT2D eigenvalue weighted by Crippen LogP contribution is 2.33. The van der Waals surface area contributed by atoms with Gasteiger partial charge in [-0.05, 0) is 48.2 Å². The molecule has 0 amide bonds. The van der Waals surface area contributed by atoms with Crippen LogP contribution in [-0.4, -0.2) is 33.1 Å². The molecule has 1 aliphatic carbocycles. The smallest absolute Gasteiger partial charge is 0.214 e. The van der Waals surface area contributed by atoms with Crippen molar-refractivity contribution in [3.63, 3.8) is 0 Å². The van der Waals surface area contributed by atoms with E-state index in [0.29, 0.717) is 22.3 Å². The van der Waals surface area contributed by atoms with Gasteiger partial charge in [0, 0.05) is 24.8 Å². The number of ketones is 4. The summed E-state index contributed by atoms with van der Waals surface area (Å²) < 4.78 is 0. The number of carbonyl (C=O) groups is 4. The zero-order valence-electron chi connectivity index (χ0n) is 13.1. The third-order valence-corrected chi connectivity index (χ3v) is 4.28. The molecule has 1 fully saturated rings. The van der Waals surface area contributed by atoms with Crippen molar-refractivity contribution in [3.05, 3.63) is 59.2 Å². The van der Waals surface area contributed by atoms with Gasteiger partial charge in [0.25, 0.3) is 0 Å². The Morgan fingerprint density at radius 1 is 0.667 bits per heavy atom. The van der Waals surface area contributed by atoms with E-state index < -0.39 is 35.0 Å². The number of carbonyl (C=O) groups excluding carboxylic acids is 4. The predicted octanol–water partition coefficient (Wildman–Crippen LogP) is 1.25. The molecule has 1 aliphatic rings. The van der Waals surface area contributed by atoms with Gasteiger partial charge in [0.15, 0.2) is 0 Å². The van der Waals surface area contributed by atoms with Crippen molar-refractivity contribution in [2.24, 2.45) is 0 Å². The van der Waals surface area contributed by atoms with Crippen LogP contribution in [0.15, 0.2) is 36.9 Å². The van der Waals surface area contributed by atoms with Crippen LogP contribution in [-0.2, 0) is 19.2 Å². The van der Waals surface area contributed by atoms with Gasteiger partial charge in [-0.15, -0.1) is 0 Å². The van der Waals surface area contributed by atoms with E-state index in [9.17, 15) is 19.2 Å². The third kappa shape index (κ3) is 2.36. The lowest BCUT2D eigenvalue weighted by molar-refractivity contribution is -0.151. The van der Waals surface area contributed by atoms with E-state index in [1.165, 1.54) is 36.9 Å². The molecular weight excluding hydrogens is 308 g/mol. The zero-order valence-corrected chi connectivity index (χ0v) is 13.1. The minimum Gasteiger partial charge on any atom is -0.290 e. The van der Waals surface area contributed by atoms with Crippen LogP contribution in [0.5, 0.6) is 0 Å². The molecule has 1 saturated carbocycles. The van der Waals surface area contributed by atoms with Gasteiger partial charge in [0.1, 0.15) is 11.8 Å². The third-order valence-electron chi connectivity index (χ3n) is 4.28. The van der Waals surface area contributed by atoms with E-state index in [-0.39, 0.29) is 0 Å². The van der Waals surface area contributed by atoms with Crippen molar-refractivity contribution in [2.45, 2.75) is 25.7 Å². The summed E-state index contributed by atoms with van der Waals surface area (Å²) in [5.41, 5.74) is 1.88. The van der Waals surface area contributed by atoms with Crippen molar-refractivity contribution in [3.8, 4) is 0 Å². The predicted molar refractivity (Wildman–Crippen MR) is 83.5 cm³/mol. The van der Waals surface area contributed by atoms with Crippen molar-refractivity contribution in [2.75, 3.05) is 0 Å². The lowest BCUT2D eigenvalue weighted by atomic mass is 9.71. The maximum absolute atomic E-state index is 12.6. The molecule has 0 aliphatic heterocycles. The number of Topliss-reactive ketones (excluding diaryl/α,β-unsaturated/α-hetero) is 4. The lowest BCUT2D eigenvalue weighted by Gasteiger charge is -2.25. The molecule has 3 rings (SSSR count). The molecule has 6 nitrogen and oxygen atoms in total. The fourth-order valence-corrected chi connectivity index (χ4v) is 2.99. The summed E-state index contributed by atoms with van der Waals surface area (Å²) >= 11 is 0. The lowest BCUT2D eigenvalue weighted by Crippen LogP contribution is -2.46. The second-order valence-electron chi connectivity index (χ2n) is 5.79. The average Bonchev–Trinajstić information content (AvgIpc) is 2.57. The molecule has 0 N–H and O–H groups in total. The van der Waals surface area contributed by atoms with Crippen LogP contribution in [0, 0.1) is 13.8 Å². The highest BCUT2D eigenvalue weighted by atomic mass is 16.2. The molecule has 0 radical (unpaired) electrons. The summed E-state index contributed by atoms with van der Waals surface area (Å²) in [5, 5.41) is 0. The second-order valence-corrected chi connectivity index (χ2v) is 5.79. The summed E-state index contributed by atoms with van der Waals surface area (Å²) in [7, 11) is 0. The van der Waals surface area contributed by atoms with Gasteiger partial charge in [-0.25, -0.2) is 0 Å². The highest BCUT2D eigenvalue weighted by Gasteiger charge is 2.50. The summed E-state index contributed by atoms with van der Waals surface area (Å²) in [6, 6.07) is 2.99. The average molecular weight is 322 g/mol. The Morgan fingerprint density at radius 2 is 1.00 bits per heavy atom. The molecule has 2 heterocycles. The van der Waals surface area contributed by atoms with Crippen LogP contribution < -0.4 is 0 Å². The Labute approximate surface area is 137 Å². The summed E-state index contributed by atoms with van der Waals surface area (Å²) in [6.45, 7) is 3.36. The number of hydrogen-bond donors (Lipinski definition) is 0. The number of aromatic nitrogens is 2. The first-order valence-electron chi connectivity index (χ1n) is 7.40. The number of rotatable bonds is 2. The molecule has 0 unspecified atom stereocenters. The quantitative estimate of drug-likeness (QED) is 0.610. The maximum Gasteiger partial charge on any atom is 0.214 e. The van der Waals surface area contributed by atoms with E-state index in [1.807, 2.05) is 0 Å². The molecule has 6 heteroatoms. The highest BCUT2D eigenvalue weighted by molar-refractivity contribution is 6.63. The molecule has 2 aromatic heterocycles. The van der Waals surface area contributed by atoms with Crippen molar-refractivity contribution in [1.29, 1.82) is 0 Å². The first-order chi connectivity index (χ1) is 11.4. The van der Waals surface area contributed by atoms with Gasteiger partial charge in [-0.3, -0.25) is 29.1 Å². The van der Waals surface area contributed by atoms with E-state index in [0.717, 1.165) is 0 Å². The molecule has 24 heavy (non-hydrogen) atoms. The van der Waals surface area contributed by atoms with Crippen LogP contribution in [0.2, 0.25) is 0 Å². The Bertz CT molecular complexity index is 787. The number of hydrogen-bond acceptors (Lipinski definition) is 6. The fraction of sp³-hybridized carbons (Fsp3) is 0.222. The largest absolute Gasteiger partial charge is 0.290 e. The molecule has 0 bridgehead atoms. The second kappa shape index (κ2) is 5.88. The van der Waals surface area contributed by atoms with Gasteiger partial charge in [-0.1, -0.05) is 0 Å². The minimum atomic E-state index is -1.37. The number of aryl methyl sites for hydroxylation is 2. The van der Waals surface area contributed by atoms with Crippen LogP contribution in [0.4, 0.5) is 0 Å². The Morgan fingerprint density at radius 3 is 1.29 bits per heavy atom. The molecular formula is C18H14N2O4. The monoisotopic (exact) mass is 322 g/mol. The molecule has 0 spiro atoms. The Hall–Kier alpha value is -3.02. The van der Waals surface area contributed by atoms with Crippen LogP contribution >= 0.6 is 0 Å². The summed E-state index contributed by atoms with van der Waals surface area (Å²) in [4.78, 5) is 58.1. The topological polar surface area (TPSA) is 94.1 Å². The SMILES string of the molecule is Cc1cnccc1C1C(=O)C(=O)C(c2ccncc2C)C(=O)C1=O. The fourth-order valence-electron chi connectivity index (χ4n) is 2.99. The van der Waals surface area contributed by atoms with Crippen molar-refractivity contribution in [1.82, 2.24) is 9.97 Å². The Kier molecular flexibility index (Phi) is 3.89. The molecule has 0 saturated heterocycles. The standard InChI is InChI=1S/C18H14N2O4/c1-9-7-19-5-3-11(9)13-15(21)17(23)14(18(24)16(13)22)12-4-6-20-8-10(12)2/h3-8,13-14H,1-2H3. The van der Waals surface area contributed by atoms with Crippen LogP contribution in [0.25, 0.3) is 0 Å². The van der Waals surface area contributed by atoms with Crippen molar-refractivity contribution < 1.29 is 19.2 Å². The molecule has 120 valence electrons. The van der Waals surface area contributed by atoms with Gasteiger partial charge in [-0.2, -0.15) is 0 Å². The van der Waals surface area contributed by atoms with E-state index in [2.05, 4.69) is 9.97 Å².